The van der Waals surface area contributed by atoms with E-state index in [9.17, 15) is 9.90 Å². The number of nitrogens with one attached hydrogen (secondary N) is 2. The van der Waals surface area contributed by atoms with Crippen LogP contribution in [0.4, 0.5) is 4.79 Å². The topological polar surface area (TPSA) is 100 Å². The van der Waals surface area contributed by atoms with E-state index in [0.717, 1.165) is 16.5 Å². The summed E-state index contributed by atoms with van der Waals surface area (Å²) < 4.78 is 5.19. The molecule has 2 rings (SSSR count). The van der Waals surface area contributed by atoms with Crippen LogP contribution in [0.15, 0.2) is 18.6 Å². The number of alkyl carbamates (subject to hydrolysis) is 1. The average molecular weight is 292 g/mol. The number of carbonyl (C=O) groups excluding carboxylic acids is 1. The predicted octanol–water partition coefficient (Wildman–Crippen LogP) is 1.39. The first-order valence-electron chi connectivity index (χ1n) is 6.76. The normalized spacial score (nSPS) is 13.1. The molecule has 7 nitrogen and oxygen atoms in total. The van der Waals surface area contributed by atoms with Crippen LogP contribution in [0.5, 0.6) is 0 Å². The molecule has 1 amide bonds. The number of fused-ring (bicyclic) bond motifs is 1. The van der Waals surface area contributed by atoms with E-state index >= 15 is 0 Å². The van der Waals surface area contributed by atoms with Crippen LogP contribution in [0.25, 0.3) is 10.9 Å². The summed E-state index contributed by atoms with van der Waals surface area (Å²) in [4.78, 5) is 14.8. The van der Waals surface area contributed by atoms with Crippen LogP contribution in [-0.2, 0) is 11.2 Å². The van der Waals surface area contributed by atoms with E-state index in [0.29, 0.717) is 6.42 Å². The van der Waals surface area contributed by atoms with Crippen molar-refractivity contribution in [1.82, 2.24) is 20.5 Å². The minimum Gasteiger partial charge on any atom is -0.444 e. The summed E-state index contributed by atoms with van der Waals surface area (Å²) >= 11 is 0. The number of aromatic amines is 1. The third kappa shape index (κ3) is 4.16. The van der Waals surface area contributed by atoms with Gasteiger partial charge in [0.05, 0.1) is 30.6 Å². The van der Waals surface area contributed by atoms with Crippen LogP contribution in [0.2, 0.25) is 0 Å². The van der Waals surface area contributed by atoms with E-state index in [1.807, 2.05) is 6.20 Å². The average Bonchev–Trinajstić information content (AvgIpc) is 2.79. The predicted molar refractivity (Wildman–Crippen MR) is 77.8 cm³/mol. The number of rotatable bonds is 4. The number of hydrogen-bond donors (Lipinski definition) is 3. The van der Waals surface area contributed by atoms with Gasteiger partial charge >= 0.3 is 6.09 Å². The second kappa shape index (κ2) is 6.09. The van der Waals surface area contributed by atoms with Gasteiger partial charge in [-0.2, -0.15) is 10.2 Å². The van der Waals surface area contributed by atoms with Crippen molar-refractivity contribution in [2.24, 2.45) is 0 Å². The standard InChI is InChI=1S/C14H20N4O3/c1-14(2,3)21-13(20)18-10(8-19)4-9-5-15-12-7-17-16-6-11(9)12/h5-7,10,15,19H,4,8H2,1-3H3,(H,18,20)/t10-/m0/s1. The molecule has 114 valence electrons. The van der Waals surface area contributed by atoms with Crippen LogP contribution >= 0.6 is 0 Å². The molecule has 0 aliphatic heterocycles. The van der Waals surface area contributed by atoms with Crippen molar-refractivity contribution in [3.63, 3.8) is 0 Å². The SMILES string of the molecule is CC(C)(C)OC(=O)N[C@H](CO)Cc1c[nH]c2cnncc12. The molecule has 0 saturated carbocycles. The Morgan fingerprint density at radius 1 is 1.43 bits per heavy atom. The van der Waals surface area contributed by atoms with Crippen molar-refractivity contribution in [2.45, 2.75) is 38.8 Å². The maximum absolute atomic E-state index is 11.7. The van der Waals surface area contributed by atoms with E-state index in [2.05, 4.69) is 20.5 Å². The van der Waals surface area contributed by atoms with Crippen LogP contribution in [0.3, 0.4) is 0 Å². The largest absolute Gasteiger partial charge is 0.444 e. The Hall–Kier alpha value is -2.15. The van der Waals surface area contributed by atoms with Gasteiger partial charge in [-0.25, -0.2) is 4.79 Å². The van der Waals surface area contributed by atoms with Gasteiger partial charge in [0.2, 0.25) is 0 Å². The number of carbonyl (C=O) groups is 1. The third-order valence-corrected chi connectivity index (χ3v) is 2.89. The fourth-order valence-corrected chi connectivity index (χ4v) is 2.00. The van der Waals surface area contributed by atoms with E-state index in [1.165, 1.54) is 0 Å². The number of aromatic nitrogens is 3. The summed E-state index contributed by atoms with van der Waals surface area (Å²) in [5.41, 5.74) is 1.25. The number of nitrogens with zero attached hydrogens (tertiary/aromatic N) is 2. The molecule has 7 heteroatoms. The van der Waals surface area contributed by atoms with Gasteiger partial charge in [-0.3, -0.25) is 0 Å². The first-order chi connectivity index (χ1) is 9.89. The van der Waals surface area contributed by atoms with E-state index in [1.54, 1.807) is 33.2 Å². The van der Waals surface area contributed by atoms with Crippen molar-refractivity contribution < 1.29 is 14.6 Å². The number of ether oxygens (including phenoxy) is 1. The maximum atomic E-state index is 11.7. The number of hydrogen-bond acceptors (Lipinski definition) is 5. The molecule has 0 spiro atoms. The molecule has 0 aliphatic rings. The molecular formula is C14H20N4O3. The minimum atomic E-state index is -0.569. The molecule has 0 saturated heterocycles. The third-order valence-electron chi connectivity index (χ3n) is 2.89. The Balaban J connectivity index is 2.04. The zero-order valence-electron chi connectivity index (χ0n) is 12.4. The Labute approximate surface area is 122 Å². The lowest BCUT2D eigenvalue weighted by molar-refractivity contribution is 0.0483. The molecule has 1 atom stereocenters. The van der Waals surface area contributed by atoms with Crippen molar-refractivity contribution in [3.8, 4) is 0 Å². The maximum Gasteiger partial charge on any atom is 0.407 e. The summed E-state index contributed by atoms with van der Waals surface area (Å²) in [7, 11) is 0. The molecule has 2 aromatic rings. The van der Waals surface area contributed by atoms with E-state index in [-0.39, 0.29) is 6.61 Å². The van der Waals surface area contributed by atoms with Gasteiger partial charge in [0, 0.05) is 11.6 Å². The molecule has 2 aromatic heterocycles. The molecule has 0 fully saturated rings. The Bertz CT molecular complexity index is 618. The summed E-state index contributed by atoms with van der Waals surface area (Å²) in [5.74, 6) is 0. The van der Waals surface area contributed by atoms with Crippen molar-refractivity contribution in [1.29, 1.82) is 0 Å². The van der Waals surface area contributed by atoms with Crippen molar-refractivity contribution >= 4 is 17.0 Å². The zero-order chi connectivity index (χ0) is 15.5. The first kappa shape index (κ1) is 15.2. The Kier molecular flexibility index (Phi) is 4.42. The van der Waals surface area contributed by atoms with Gasteiger partial charge in [-0.1, -0.05) is 0 Å². The van der Waals surface area contributed by atoms with Crippen LogP contribution < -0.4 is 5.32 Å². The number of aliphatic hydroxyl groups excluding tert-OH is 1. The number of H-pyrrole nitrogens is 1. The fraction of sp³-hybridized carbons (Fsp3) is 0.500. The van der Waals surface area contributed by atoms with Gasteiger partial charge in [0.1, 0.15) is 5.60 Å². The van der Waals surface area contributed by atoms with Crippen LogP contribution in [0, 0.1) is 0 Å². The number of amides is 1. The highest BCUT2D eigenvalue weighted by molar-refractivity contribution is 5.81. The summed E-state index contributed by atoms with van der Waals surface area (Å²) in [6.07, 6.45) is 5.05. The molecule has 0 aromatic carbocycles. The van der Waals surface area contributed by atoms with Crippen LogP contribution in [-0.4, -0.2) is 44.6 Å². The van der Waals surface area contributed by atoms with Gasteiger partial charge in [0.25, 0.3) is 0 Å². The molecule has 0 radical (unpaired) electrons. The van der Waals surface area contributed by atoms with Gasteiger partial charge in [0.15, 0.2) is 0 Å². The monoisotopic (exact) mass is 292 g/mol. The summed E-state index contributed by atoms with van der Waals surface area (Å²) in [6.45, 7) is 5.20. The second-order valence-electron chi connectivity index (χ2n) is 5.86. The molecule has 3 N–H and O–H groups in total. The van der Waals surface area contributed by atoms with Crippen molar-refractivity contribution in [2.75, 3.05) is 6.61 Å². The fourth-order valence-electron chi connectivity index (χ4n) is 2.00. The van der Waals surface area contributed by atoms with E-state index in [4.69, 9.17) is 4.74 Å². The lowest BCUT2D eigenvalue weighted by atomic mass is 10.1. The van der Waals surface area contributed by atoms with Gasteiger partial charge in [-0.15, -0.1) is 0 Å². The number of aliphatic hydroxyl groups is 1. The Morgan fingerprint density at radius 2 is 2.14 bits per heavy atom. The lowest BCUT2D eigenvalue weighted by Gasteiger charge is -2.22. The molecule has 0 bridgehead atoms. The van der Waals surface area contributed by atoms with Crippen molar-refractivity contribution in [3.05, 3.63) is 24.2 Å². The minimum absolute atomic E-state index is 0.176. The van der Waals surface area contributed by atoms with Gasteiger partial charge < -0.3 is 20.1 Å². The Morgan fingerprint density at radius 3 is 2.81 bits per heavy atom. The summed E-state index contributed by atoms with van der Waals surface area (Å²) in [5, 5.41) is 20.7. The molecule has 21 heavy (non-hydrogen) atoms. The molecule has 0 unspecified atom stereocenters. The molecule has 0 aliphatic carbocycles. The lowest BCUT2D eigenvalue weighted by Crippen LogP contribution is -2.42. The highest BCUT2D eigenvalue weighted by Gasteiger charge is 2.20. The highest BCUT2D eigenvalue weighted by atomic mass is 16.6. The highest BCUT2D eigenvalue weighted by Crippen LogP contribution is 2.17. The summed E-state index contributed by atoms with van der Waals surface area (Å²) in [6, 6.07) is -0.424. The zero-order valence-corrected chi connectivity index (χ0v) is 12.4. The van der Waals surface area contributed by atoms with Crippen LogP contribution in [0.1, 0.15) is 26.3 Å². The second-order valence-corrected chi connectivity index (χ2v) is 5.86. The van der Waals surface area contributed by atoms with E-state index < -0.39 is 17.7 Å². The smallest absolute Gasteiger partial charge is 0.407 e. The first-order valence-corrected chi connectivity index (χ1v) is 6.76. The quantitative estimate of drug-likeness (QED) is 0.790. The van der Waals surface area contributed by atoms with Gasteiger partial charge in [-0.05, 0) is 32.8 Å². The molecular weight excluding hydrogens is 272 g/mol. The molecule has 2 heterocycles.